The molecule has 72 valence electrons. The summed E-state index contributed by atoms with van der Waals surface area (Å²) in [6.45, 7) is 1.37. The van der Waals surface area contributed by atoms with Crippen LogP contribution in [0.1, 0.15) is 23.2 Å². The highest BCUT2D eigenvalue weighted by Gasteiger charge is 2.17. The number of pyridine rings is 1. The molecule has 1 rings (SSSR count). The molecule has 1 aromatic heterocycles. The average molecular weight is 299 g/mol. The Kier molecular flexibility index (Phi) is 3.55. The van der Waals surface area contributed by atoms with E-state index in [1.165, 1.54) is 6.20 Å². The molecule has 0 spiro atoms. The van der Waals surface area contributed by atoms with E-state index in [4.69, 9.17) is 5.11 Å². The molecule has 0 saturated carbocycles. The molecule has 2 nitrogen and oxygen atoms in total. The molecule has 0 bridgehead atoms. The highest BCUT2D eigenvalue weighted by molar-refractivity contribution is 14.1. The molecule has 1 heterocycles. The predicted molar refractivity (Wildman–Crippen MR) is 52.6 cm³/mol. The van der Waals surface area contributed by atoms with Crippen molar-refractivity contribution in [2.24, 2.45) is 0 Å². The highest BCUT2D eigenvalue weighted by atomic mass is 127. The fraction of sp³-hybridized carbons (Fsp3) is 0.375. The lowest BCUT2D eigenvalue weighted by Crippen LogP contribution is -2.03. The average Bonchev–Trinajstić information content (AvgIpc) is 2.09. The maximum absolute atomic E-state index is 12.3. The van der Waals surface area contributed by atoms with Gasteiger partial charge in [0.05, 0.1) is 6.61 Å². The molecule has 0 saturated heterocycles. The Morgan fingerprint density at radius 1 is 1.62 bits per heavy atom. The minimum Gasteiger partial charge on any atom is -0.392 e. The number of aliphatic hydroxyl groups is 1. The van der Waals surface area contributed by atoms with Gasteiger partial charge in [-0.3, -0.25) is 4.98 Å². The molecule has 0 amide bonds. The van der Waals surface area contributed by atoms with E-state index in [9.17, 15) is 8.78 Å². The van der Waals surface area contributed by atoms with Gasteiger partial charge >= 0.3 is 0 Å². The van der Waals surface area contributed by atoms with Gasteiger partial charge in [-0.2, -0.15) is 0 Å². The number of rotatable bonds is 2. The van der Waals surface area contributed by atoms with Crippen LogP contribution in [0.4, 0.5) is 8.78 Å². The van der Waals surface area contributed by atoms with Crippen molar-refractivity contribution in [2.45, 2.75) is 20.0 Å². The van der Waals surface area contributed by atoms with Gasteiger partial charge in [0.1, 0.15) is 5.69 Å². The van der Waals surface area contributed by atoms with Crippen LogP contribution >= 0.6 is 22.6 Å². The summed E-state index contributed by atoms with van der Waals surface area (Å²) in [5.41, 5.74) is 0.710. The van der Waals surface area contributed by atoms with Crippen molar-refractivity contribution in [3.05, 3.63) is 26.6 Å². The van der Waals surface area contributed by atoms with E-state index in [2.05, 4.69) is 4.98 Å². The van der Waals surface area contributed by atoms with E-state index in [0.29, 0.717) is 3.57 Å². The zero-order valence-electron chi connectivity index (χ0n) is 6.89. The predicted octanol–water partition coefficient (Wildman–Crippen LogP) is 2.42. The van der Waals surface area contributed by atoms with Crippen molar-refractivity contribution in [1.29, 1.82) is 0 Å². The third-order valence-corrected chi connectivity index (χ3v) is 3.18. The number of alkyl halides is 2. The van der Waals surface area contributed by atoms with Gasteiger partial charge in [0.25, 0.3) is 6.43 Å². The van der Waals surface area contributed by atoms with Crippen LogP contribution in [0.25, 0.3) is 0 Å². The lowest BCUT2D eigenvalue weighted by atomic mass is 10.1. The summed E-state index contributed by atoms with van der Waals surface area (Å²) < 4.78 is 25.4. The van der Waals surface area contributed by atoms with Crippen LogP contribution in [-0.2, 0) is 6.61 Å². The van der Waals surface area contributed by atoms with Gasteiger partial charge in [-0.05, 0) is 35.1 Å². The molecule has 0 aliphatic rings. The normalized spacial score (nSPS) is 10.9. The second-order valence-corrected chi connectivity index (χ2v) is 3.66. The van der Waals surface area contributed by atoms with Crippen LogP contribution in [-0.4, -0.2) is 10.1 Å². The van der Waals surface area contributed by atoms with Crippen molar-refractivity contribution in [2.75, 3.05) is 0 Å². The molecular weight excluding hydrogens is 291 g/mol. The van der Waals surface area contributed by atoms with Gasteiger partial charge in [-0.1, -0.05) is 0 Å². The number of aryl methyl sites for hydroxylation is 1. The first-order valence-corrected chi connectivity index (χ1v) is 4.68. The summed E-state index contributed by atoms with van der Waals surface area (Å²) >= 11 is 1.93. The zero-order valence-corrected chi connectivity index (χ0v) is 9.05. The van der Waals surface area contributed by atoms with E-state index < -0.39 is 13.0 Å². The Morgan fingerprint density at radius 3 is 2.69 bits per heavy atom. The highest BCUT2D eigenvalue weighted by Crippen LogP contribution is 2.26. The SMILES string of the molecule is Cc1cnc(C(F)F)c(CO)c1I. The Morgan fingerprint density at radius 2 is 2.23 bits per heavy atom. The summed E-state index contributed by atoms with van der Waals surface area (Å²) in [5.74, 6) is 0. The van der Waals surface area contributed by atoms with Crippen LogP contribution in [0.2, 0.25) is 0 Å². The molecule has 0 aliphatic carbocycles. The second kappa shape index (κ2) is 4.28. The largest absolute Gasteiger partial charge is 0.392 e. The molecule has 0 aliphatic heterocycles. The number of nitrogens with zero attached hydrogens (tertiary/aromatic N) is 1. The molecule has 1 N–H and O–H groups in total. The van der Waals surface area contributed by atoms with Crippen LogP contribution in [0.5, 0.6) is 0 Å². The maximum Gasteiger partial charge on any atom is 0.280 e. The van der Waals surface area contributed by atoms with E-state index >= 15 is 0 Å². The standard InChI is InChI=1S/C8H8F2INO/c1-4-2-12-7(8(9)10)5(3-13)6(4)11/h2,8,13H,3H2,1H3. The maximum atomic E-state index is 12.3. The van der Waals surface area contributed by atoms with Gasteiger partial charge in [0.15, 0.2) is 0 Å². The molecule has 0 aromatic carbocycles. The Labute approximate surface area is 88.1 Å². The van der Waals surface area contributed by atoms with Gasteiger partial charge in [0.2, 0.25) is 0 Å². The third-order valence-electron chi connectivity index (χ3n) is 1.68. The molecule has 5 heteroatoms. The summed E-state index contributed by atoms with van der Waals surface area (Å²) in [7, 11) is 0. The Bertz CT molecular complexity index is 317. The summed E-state index contributed by atoms with van der Waals surface area (Å²) in [5, 5.41) is 8.89. The molecule has 0 fully saturated rings. The Balaban J connectivity index is 3.30. The molecule has 13 heavy (non-hydrogen) atoms. The van der Waals surface area contributed by atoms with E-state index in [1.54, 1.807) is 6.92 Å². The van der Waals surface area contributed by atoms with Crippen molar-refractivity contribution in [3.8, 4) is 0 Å². The van der Waals surface area contributed by atoms with Crippen LogP contribution in [0, 0.1) is 10.5 Å². The fourth-order valence-corrected chi connectivity index (χ4v) is 1.58. The Hall–Kier alpha value is -0.300. The summed E-state index contributed by atoms with van der Waals surface area (Å²) in [6.07, 6.45) is -1.24. The van der Waals surface area contributed by atoms with E-state index in [1.807, 2.05) is 22.6 Å². The van der Waals surface area contributed by atoms with Crippen molar-refractivity contribution < 1.29 is 13.9 Å². The first-order chi connectivity index (χ1) is 6.07. The van der Waals surface area contributed by atoms with Gasteiger partial charge in [-0.25, -0.2) is 8.78 Å². The number of hydrogen-bond acceptors (Lipinski definition) is 2. The molecule has 0 radical (unpaired) electrons. The van der Waals surface area contributed by atoms with Gasteiger partial charge in [0, 0.05) is 15.3 Å². The van der Waals surface area contributed by atoms with Crippen molar-refractivity contribution in [3.63, 3.8) is 0 Å². The second-order valence-electron chi connectivity index (χ2n) is 2.58. The molecule has 0 unspecified atom stereocenters. The summed E-state index contributed by atoms with van der Waals surface area (Å²) in [4.78, 5) is 3.59. The molecule has 1 aromatic rings. The van der Waals surface area contributed by atoms with Crippen LogP contribution in [0.3, 0.4) is 0 Å². The number of aromatic nitrogens is 1. The van der Waals surface area contributed by atoms with Crippen molar-refractivity contribution in [1.82, 2.24) is 4.98 Å². The minimum absolute atomic E-state index is 0.232. The lowest BCUT2D eigenvalue weighted by Gasteiger charge is -2.09. The lowest BCUT2D eigenvalue weighted by molar-refractivity contribution is 0.141. The number of hydrogen-bond donors (Lipinski definition) is 1. The smallest absolute Gasteiger partial charge is 0.280 e. The summed E-state index contributed by atoms with van der Waals surface area (Å²) in [6, 6.07) is 0. The first-order valence-electron chi connectivity index (χ1n) is 3.60. The monoisotopic (exact) mass is 299 g/mol. The topological polar surface area (TPSA) is 33.1 Å². The molecule has 0 atom stereocenters. The van der Waals surface area contributed by atoms with Crippen molar-refractivity contribution >= 4 is 22.6 Å². The third kappa shape index (κ3) is 2.14. The zero-order chi connectivity index (χ0) is 10.0. The first kappa shape index (κ1) is 10.8. The molecular formula is C8H8F2INO. The fourth-order valence-electron chi connectivity index (χ4n) is 0.990. The van der Waals surface area contributed by atoms with Crippen LogP contribution in [0.15, 0.2) is 6.20 Å². The minimum atomic E-state index is -2.63. The van der Waals surface area contributed by atoms with Crippen LogP contribution < -0.4 is 0 Å². The van der Waals surface area contributed by atoms with Gasteiger partial charge < -0.3 is 5.11 Å². The number of aliphatic hydroxyl groups excluding tert-OH is 1. The number of halogens is 3. The van der Waals surface area contributed by atoms with E-state index in [-0.39, 0.29) is 11.3 Å². The quantitative estimate of drug-likeness (QED) is 0.851. The van der Waals surface area contributed by atoms with Gasteiger partial charge in [-0.15, -0.1) is 0 Å². The van der Waals surface area contributed by atoms with E-state index in [0.717, 1.165) is 5.56 Å².